The molecule has 1 N–H and O–H groups in total. The predicted octanol–water partition coefficient (Wildman–Crippen LogP) is 3.32. The quantitative estimate of drug-likeness (QED) is 0.923. The molecule has 2 unspecified atom stereocenters. The lowest BCUT2D eigenvalue weighted by atomic mass is 9.96. The van der Waals surface area contributed by atoms with Crippen molar-refractivity contribution in [3.63, 3.8) is 0 Å². The van der Waals surface area contributed by atoms with Crippen LogP contribution in [0.25, 0.3) is 0 Å². The molecule has 1 amide bonds. The van der Waals surface area contributed by atoms with Gasteiger partial charge in [0.25, 0.3) is 0 Å². The van der Waals surface area contributed by atoms with Crippen LogP contribution in [-0.4, -0.2) is 30.4 Å². The Bertz CT molecular complexity index is 750. The second-order valence-electron chi connectivity index (χ2n) is 6.54. The van der Waals surface area contributed by atoms with Crippen LogP contribution in [0.2, 0.25) is 0 Å². The van der Waals surface area contributed by atoms with Gasteiger partial charge in [0.05, 0.1) is 6.04 Å². The lowest BCUT2D eigenvalue weighted by Crippen LogP contribution is -2.50. The molecule has 2 aromatic rings. The van der Waals surface area contributed by atoms with E-state index in [1.54, 1.807) is 12.1 Å². The molecule has 0 bridgehead atoms. The van der Waals surface area contributed by atoms with Crippen LogP contribution in [0.3, 0.4) is 0 Å². The molecule has 3 nitrogen and oxygen atoms in total. The third kappa shape index (κ3) is 4.23. The van der Waals surface area contributed by atoms with Gasteiger partial charge in [0, 0.05) is 25.6 Å². The van der Waals surface area contributed by atoms with Crippen molar-refractivity contribution in [3.05, 3.63) is 71.3 Å². The summed E-state index contributed by atoms with van der Waals surface area (Å²) in [6.45, 7) is 3.75. The van der Waals surface area contributed by atoms with Crippen molar-refractivity contribution in [2.24, 2.45) is 5.92 Å². The van der Waals surface area contributed by atoms with Gasteiger partial charge >= 0.3 is 0 Å². The molecule has 2 atom stereocenters. The smallest absolute Gasteiger partial charge is 0.226 e. The zero-order valence-electron chi connectivity index (χ0n) is 14.2. The van der Waals surface area contributed by atoms with Gasteiger partial charge in [0.1, 0.15) is 11.6 Å². The zero-order chi connectivity index (χ0) is 17.8. The molecular formula is C20H22F2N2O. The first-order valence-corrected chi connectivity index (χ1v) is 8.55. The second kappa shape index (κ2) is 7.74. The summed E-state index contributed by atoms with van der Waals surface area (Å²) < 4.78 is 26.9. The fourth-order valence-electron chi connectivity index (χ4n) is 3.37. The van der Waals surface area contributed by atoms with Gasteiger partial charge in [-0.25, -0.2) is 8.78 Å². The number of amides is 1. The van der Waals surface area contributed by atoms with Crippen LogP contribution in [0.15, 0.2) is 48.5 Å². The third-order valence-corrected chi connectivity index (χ3v) is 4.61. The fourth-order valence-corrected chi connectivity index (χ4v) is 3.37. The maximum Gasteiger partial charge on any atom is 0.226 e. The van der Waals surface area contributed by atoms with Gasteiger partial charge in [-0.3, -0.25) is 4.79 Å². The van der Waals surface area contributed by atoms with E-state index >= 15 is 0 Å². The molecule has 132 valence electrons. The topological polar surface area (TPSA) is 32.3 Å². The molecule has 1 heterocycles. The standard InChI is InChI=1S/C20H22F2N2O/c1-14(10-15-4-2-6-17(21)11-15)20(25)24-9-8-23-13-19(24)16-5-3-7-18(22)12-16/h2-7,11-12,14,19,23H,8-10,13H2,1H3. The number of halogens is 2. The predicted molar refractivity (Wildman–Crippen MR) is 93.0 cm³/mol. The molecule has 1 fully saturated rings. The summed E-state index contributed by atoms with van der Waals surface area (Å²) in [4.78, 5) is 14.8. The van der Waals surface area contributed by atoms with Crippen LogP contribution in [0.1, 0.15) is 24.1 Å². The van der Waals surface area contributed by atoms with Gasteiger partial charge in [-0.05, 0) is 41.8 Å². The Labute approximate surface area is 146 Å². The number of nitrogens with zero attached hydrogens (tertiary/aromatic N) is 1. The normalized spacial score (nSPS) is 18.8. The van der Waals surface area contributed by atoms with Gasteiger partial charge in [-0.15, -0.1) is 0 Å². The van der Waals surface area contributed by atoms with Crippen LogP contribution < -0.4 is 5.32 Å². The highest BCUT2D eigenvalue weighted by Crippen LogP contribution is 2.25. The van der Waals surface area contributed by atoms with Gasteiger partial charge < -0.3 is 10.2 Å². The van der Waals surface area contributed by atoms with Crippen molar-refractivity contribution >= 4 is 5.91 Å². The highest BCUT2D eigenvalue weighted by atomic mass is 19.1. The number of hydrogen-bond acceptors (Lipinski definition) is 2. The summed E-state index contributed by atoms with van der Waals surface area (Å²) in [5.41, 5.74) is 1.59. The minimum atomic E-state index is -0.303. The van der Waals surface area contributed by atoms with Crippen molar-refractivity contribution in [2.45, 2.75) is 19.4 Å². The average Bonchev–Trinajstić information content (AvgIpc) is 2.61. The molecule has 0 spiro atoms. The maximum atomic E-state index is 13.6. The van der Waals surface area contributed by atoms with Crippen molar-refractivity contribution in [1.29, 1.82) is 0 Å². The van der Waals surface area contributed by atoms with E-state index in [4.69, 9.17) is 0 Å². The Morgan fingerprint density at radius 2 is 1.92 bits per heavy atom. The molecule has 25 heavy (non-hydrogen) atoms. The summed E-state index contributed by atoms with van der Waals surface area (Å²) >= 11 is 0. The van der Waals surface area contributed by atoms with E-state index in [2.05, 4.69) is 5.32 Å². The lowest BCUT2D eigenvalue weighted by Gasteiger charge is -2.38. The Balaban J connectivity index is 1.76. The summed E-state index contributed by atoms with van der Waals surface area (Å²) in [6, 6.07) is 12.5. The molecule has 5 heteroatoms. The number of carbonyl (C=O) groups is 1. The molecule has 0 saturated carbocycles. The molecule has 0 aromatic heterocycles. The molecular weight excluding hydrogens is 322 g/mol. The van der Waals surface area contributed by atoms with E-state index in [9.17, 15) is 13.6 Å². The number of benzene rings is 2. The number of carbonyl (C=O) groups excluding carboxylic acids is 1. The molecule has 1 aliphatic heterocycles. The molecule has 1 saturated heterocycles. The second-order valence-corrected chi connectivity index (χ2v) is 6.54. The minimum Gasteiger partial charge on any atom is -0.333 e. The summed E-state index contributed by atoms with van der Waals surface area (Å²) in [5.74, 6) is -0.851. The molecule has 1 aliphatic rings. The number of rotatable bonds is 4. The summed E-state index contributed by atoms with van der Waals surface area (Å²) in [5, 5.41) is 3.27. The average molecular weight is 344 g/mol. The van der Waals surface area contributed by atoms with Crippen molar-refractivity contribution < 1.29 is 13.6 Å². The van der Waals surface area contributed by atoms with Crippen LogP contribution in [0.4, 0.5) is 8.78 Å². The van der Waals surface area contributed by atoms with E-state index < -0.39 is 0 Å². The Morgan fingerprint density at radius 3 is 2.64 bits per heavy atom. The molecule has 2 aromatic carbocycles. The van der Waals surface area contributed by atoms with Crippen molar-refractivity contribution in [2.75, 3.05) is 19.6 Å². The van der Waals surface area contributed by atoms with E-state index in [1.807, 2.05) is 24.0 Å². The maximum absolute atomic E-state index is 13.6. The van der Waals surface area contributed by atoms with Crippen LogP contribution in [-0.2, 0) is 11.2 Å². The Kier molecular flexibility index (Phi) is 5.43. The van der Waals surface area contributed by atoms with Crippen LogP contribution >= 0.6 is 0 Å². The lowest BCUT2D eigenvalue weighted by molar-refractivity contribution is -0.138. The first-order valence-electron chi connectivity index (χ1n) is 8.55. The SMILES string of the molecule is CC(Cc1cccc(F)c1)C(=O)N1CCNCC1c1cccc(F)c1. The zero-order valence-corrected chi connectivity index (χ0v) is 14.2. The first-order chi connectivity index (χ1) is 12.0. The van der Waals surface area contributed by atoms with Crippen LogP contribution in [0.5, 0.6) is 0 Å². The number of piperazine rings is 1. The minimum absolute atomic E-state index is 0.0139. The first kappa shape index (κ1) is 17.5. The van der Waals surface area contributed by atoms with Crippen molar-refractivity contribution in [1.82, 2.24) is 10.2 Å². The number of nitrogens with one attached hydrogen (secondary N) is 1. The van der Waals surface area contributed by atoms with E-state index in [0.717, 1.165) is 11.1 Å². The largest absolute Gasteiger partial charge is 0.333 e. The van der Waals surface area contributed by atoms with Gasteiger partial charge in [-0.2, -0.15) is 0 Å². The third-order valence-electron chi connectivity index (χ3n) is 4.61. The van der Waals surface area contributed by atoms with Crippen molar-refractivity contribution in [3.8, 4) is 0 Å². The highest BCUT2D eigenvalue weighted by Gasteiger charge is 2.30. The van der Waals surface area contributed by atoms with Gasteiger partial charge in [0.2, 0.25) is 5.91 Å². The Hall–Kier alpha value is -2.27. The molecule has 3 rings (SSSR count). The monoisotopic (exact) mass is 344 g/mol. The van der Waals surface area contributed by atoms with Gasteiger partial charge in [-0.1, -0.05) is 31.2 Å². The Morgan fingerprint density at radius 1 is 1.20 bits per heavy atom. The van der Waals surface area contributed by atoms with E-state index in [1.165, 1.54) is 24.3 Å². The van der Waals surface area contributed by atoms with E-state index in [0.29, 0.717) is 26.1 Å². The fraction of sp³-hybridized carbons (Fsp3) is 0.350. The van der Waals surface area contributed by atoms with E-state index in [-0.39, 0.29) is 29.5 Å². The number of hydrogen-bond donors (Lipinski definition) is 1. The summed E-state index contributed by atoms with van der Waals surface area (Å²) in [7, 11) is 0. The highest BCUT2D eigenvalue weighted by molar-refractivity contribution is 5.79. The van der Waals surface area contributed by atoms with Gasteiger partial charge in [0.15, 0.2) is 0 Å². The van der Waals surface area contributed by atoms with Crippen LogP contribution in [0, 0.1) is 17.6 Å². The summed E-state index contributed by atoms with van der Waals surface area (Å²) in [6.07, 6.45) is 0.483. The molecule has 0 radical (unpaired) electrons. The molecule has 0 aliphatic carbocycles.